The van der Waals surface area contributed by atoms with Crippen LogP contribution in [0.1, 0.15) is 17.5 Å². The van der Waals surface area contributed by atoms with Gasteiger partial charge in [-0.2, -0.15) is 18.4 Å². The highest BCUT2D eigenvalue weighted by atomic mass is 19.4. The lowest BCUT2D eigenvalue weighted by molar-refractivity contribution is -0.205. The zero-order valence-electron chi connectivity index (χ0n) is 12.6. The Kier molecular flexibility index (Phi) is 5.72. The van der Waals surface area contributed by atoms with E-state index in [1.807, 2.05) is 0 Å². The van der Waals surface area contributed by atoms with Crippen molar-refractivity contribution in [2.45, 2.75) is 24.7 Å². The number of aliphatic imine (C=N–C) groups is 1. The molecule has 0 saturated carbocycles. The third kappa shape index (κ3) is 4.67. The molecular weight excluding hydrogens is 317 g/mol. The lowest BCUT2D eigenvalue weighted by Gasteiger charge is -2.16. The highest BCUT2D eigenvalue weighted by molar-refractivity contribution is 6.13. The minimum atomic E-state index is -4.77. The van der Waals surface area contributed by atoms with Crippen LogP contribution in [0.15, 0.2) is 65.7 Å². The average Bonchev–Trinajstić information content (AvgIpc) is 2.59. The second-order valence-corrected chi connectivity index (χ2v) is 5.15. The second-order valence-electron chi connectivity index (χ2n) is 5.15. The molecule has 2 atom stereocenters. The minimum Gasteiger partial charge on any atom is -0.384 e. The highest BCUT2D eigenvalue weighted by Gasteiger charge is 2.39. The summed E-state index contributed by atoms with van der Waals surface area (Å²) in [5, 5.41) is 18.3. The van der Waals surface area contributed by atoms with Gasteiger partial charge in [0.2, 0.25) is 0 Å². The van der Waals surface area contributed by atoms with E-state index in [9.17, 15) is 18.3 Å². The maximum absolute atomic E-state index is 12.5. The average molecular weight is 332 g/mol. The fraction of sp³-hybridized carbons (Fsp3) is 0.222. The van der Waals surface area contributed by atoms with Gasteiger partial charge in [-0.1, -0.05) is 60.7 Å². The molecule has 0 amide bonds. The number of nitrogens with zero attached hydrogens (tertiary/aromatic N) is 2. The van der Waals surface area contributed by atoms with Gasteiger partial charge >= 0.3 is 6.18 Å². The summed E-state index contributed by atoms with van der Waals surface area (Å²) in [5.74, 6) is 0. The van der Waals surface area contributed by atoms with Crippen molar-refractivity contribution in [3.05, 3.63) is 71.8 Å². The first-order valence-electron chi connectivity index (χ1n) is 7.25. The van der Waals surface area contributed by atoms with Gasteiger partial charge in [-0.15, -0.1) is 0 Å². The number of alkyl halides is 3. The molecule has 3 nitrogen and oxygen atoms in total. The number of hydrogen-bond acceptors (Lipinski definition) is 3. The Labute approximate surface area is 137 Å². The first-order valence-corrected chi connectivity index (χ1v) is 7.25. The molecule has 2 aromatic carbocycles. The Morgan fingerprint density at radius 1 is 1.00 bits per heavy atom. The molecule has 6 heteroatoms. The summed E-state index contributed by atoms with van der Waals surface area (Å²) < 4.78 is 37.6. The van der Waals surface area contributed by atoms with Crippen LogP contribution < -0.4 is 0 Å². The van der Waals surface area contributed by atoms with Gasteiger partial charge in [-0.25, -0.2) is 0 Å². The summed E-state index contributed by atoms with van der Waals surface area (Å²) >= 11 is 0. The number of hydrogen-bond donors (Lipinski definition) is 1. The fourth-order valence-electron chi connectivity index (χ4n) is 2.14. The number of rotatable bonds is 5. The lowest BCUT2D eigenvalue weighted by Crippen LogP contribution is -2.31. The van der Waals surface area contributed by atoms with Gasteiger partial charge in [-0.05, 0) is 0 Å². The van der Waals surface area contributed by atoms with Crippen molar-refractivity contribution in [3.63, 3.8) is 0 Å². The predicted octanol–water partition coefficient (Wildman–Crippen LogP) is 3.73. The Hall–Kier alpha value is -2.65. The van der Waals surface area contributed by atoms with Gasteiger partial charge in [0, 0.05) is 17.5 Å². The van der Waals surface area contributed by atoms with E-state index in [-0.39, 0.29) is 0 Å². The third-order valence-electron chi connectivity index (χ3n) is 3.35. The molecule has 24 heavy (non-hydrogen) atoms. The summed E-state index contributed by atoms with van der Waals surface area (Å²) in [6.07, 6.45) is -8.16. The first kappa shape index (κ1) is 17.7. The topological polar surface area (TPSA) is 56.4 Å². The number of nitriles is 1. The molecule has 0 bridgehead atoms. The van der Waals surface area contributed by atoms with E-state index < -0.39 is 24.7 Å². The van der Waals surface area contributed by atoms with E-state index in [4.69, 9.17) is 5.26 Å². The molecule has 0 radical (unpaired) electrons. The van der Waals surface area contributed by atoms with Crippen LogP contribution in [0.2, 0.25) is 0 Å². The molecule has 2 rings (SSSR count). The van der Waals surface area contributed by atoms with Gasteiger partial charge in [-0.3, -0.25) is 4.99 Å². The van der Waals surface area contributed by atoms with Gasteiger partial charge in [0.15, 0.2) is 6.10 Å². The van der Waals surface area contributed by atoms with Crippen molar-refractivity contribution >= 4 is 5.71 Å². The Morgan fingerprint density at radius 3 is 1.83 bits per heavy atom. The summed E-state index contributed by atoms with van der Waals surface area (Å²) in [7, 11) is 0. The molecule has 0 aliphatic heterocycles. The fourth-order valence-corrected chi connectivity index (χ4v) is 2.14. The molecule has 1 N–H and O–H groups in total. The molecule has 124 valence electrons. The van der Waals surface area contributed by atoms with Gasteiger partial charge in [0.25, 0.3) is 0 Å². The van der Waals surface area contributed by atoms with Crippen LogP contribution in [0.5, 0.6) is 0 Å². The molecular formula is C18H15F3N2O. The van der Waals surface area contributed by atoms with Crippen molar-refractivity contribution in [1.82, 2.24) is 0 Å². The van der Waals surface area contributed by atoms with Crippen LogP contribution in [0.25, 0.3) is 0 Å². The molecule has 0 aliphatic carbocycles. The Balaban J connectivity index is 2.39. The predicted molar refractivity (Wildman–Crippen MR) is 84.6 cm³/mol. The SMILES string of the molecule is N#CC(C[C@H](O)C(F)(F)F)N=C(c1ccccc1)c1ccccc1. The molecule has 0 saturated heterocycles. The van der Waals surface area contributed by atoms with Gasteiger partial charge in [0.05, 0.1) is 11.8 Å². The van der Waals surface area contributed by atoms with E-state index >= 15 is 0 Å². The summed E-state index contributed by atoms with van der Waals surface area (Å²) in [4.78, 5) is 4.18. The smallest absolute Gasteiger partial charge is 0.384 e. The summed E-state index contributed by atoms with van der Waals surface area (Å²) in [6, 6.07) is 18.2. The van der Waals surface area contributed by atoms with E-state index in [1.165, 1.54) is 0 Å². The third-order valence-corrected chi connectivity index (χ3v) is 3.35. The molecule has 0 aromatic heterocycles. The second kappa shape index (κ2) is 7.75. The summed E-state index contributed by atoms with van der Waals surface area (Å²) in [5.41, 5.74) is 1.79. The largest absolute Gasteiger partial charge is 0.414 e. The maximum atomic E-state index is 12.5. The van der Waals surface area contributed by atoms with Crippen LogP contribution in [-0.4, -0.2) is 29.1 Å². The number of benzene rings is 2. The van der Waals surface area contributed by atoms with Crippen molar-refractivity contribution < 1.29 is 18.3 Å². The molecule has 0 spiro atoms. The Morgan fingerprint density at radius 2 is 1.46 bits per heavy atom. The van der Waals surface area contributed by atoms with E-state index in [0.29, 0.717) is 16.8 Å². The number of halogens is 3. The zero-order valence-corrected chi connectivity index (χ0v) is 12.6. The minimum absolute atomic E-state index is 0.414. The quantitative estimate of drug-likeness (QED) is 0.848. The van der Waals surface area contributed by atoms with Crippen molar-refractivity contribution in [1.29, 1.82) is 5.26 Å². The van der Waals surface area contributed by atoms with Crippen molar-refractivity contribution in [3.8, 4) is 6.07 Å². The van der Waals surface area contributed by atoms with Crippen LogP contribution in [0, 0.1) is 11.3 Å². The standard InChI is InChI=1S/C18H15F3N2O/c19-18(20,21)16(24)11-15(12-22)23-17(13-7-3-1-4-8-13)14-9-5-2-6-10-14/h1-10,15-16,24H,11H2/t15?,16-/m0/s1. The van der Waals surface area contributed by atoms with Crippen molar-refractivity contribution in [2.24, 2.45) is 4.99 Å². The van der Waals surface area contributed by atoms with Gasteiger partial charge < -0.3 is 5.11 Å². The van der Waals surface area contributed by atoms with Crippen LogP contribution in [-0.2, 0) is 0 Å². The van der Waals surface area contributed by atoms with Crippen LogP contribution >= 0.6 is 0 Å². The summed E-state index contributed by atoms with van der Waals surface area (Å²) in [6.45, 7) is 0. The Bertz CT molecular complexity index is 680. The first-order chi connectivity index (χ1) is 11.4. The highest BCUT2D eigenvalue weighted by Crippen LogP contribution is 2.24. The maximum Gasteiger partial charge on any atom is 0.414 e. The van der Waals surface area contributed by atoms with Crippen LogP contribution in [0.3, 0.4) is 0 Å². The van der Waals surface area contributed by atoms with E-state index in [1.54, 1.807) is 66.7 Å². The monoisotopic (exact) mass is 332 g/mol. The molecule has 0 fully saturated rings. The number of aliphatic hydroxyl groups is 1. The number of aliphatic hydroxyl groups excluding tert-OH is 1. The zero-order chi connectivity index (χ0) is 17.6. The molecule has 0 aliphatic rings. The molecule has 0 heterocycles. The van der Waals surface area contributed by atoms with Crippen molar-refractivity contribution in [2.75, 3.05) is 0 Å². The molecule has 2 aromatic rings. The van der Waals surface area contributed by atoms with E-state index in [2.05, 4.69) is 4.99 Å². The normalized spacial score (nSPS) is 13.6. The molecule has 1 unspecified atom stereocenters. The van der Waals surface area contributed by atoms with E-state index in [0.717, 1.165) is 0 Å². The van der Waals surface area contributed by atoms with Crippen LogP contribution in [0.4, 0.5) is 13.2 Å². The van der Waals surface area contributed by atoms with Gasteiger partial charge in [0.1, 0.15) is 6.04 Å². The lowest BCUT2D eigenvalue weighted by atomic mass is 10.0.